The van der Waals surface area contributed by atoms with Crippen molar-refractivity contribution >= 4 is 49.3 Å². The van der Waals surface area contributed by atoms with Crippen LogP contribution in [0.5, 0.6) is 0 Å². The molecule has 34 heavy (non-hydrogen) atoms. The second-order valence-electron chi connectivity index (χ2n) is 8.66. The van der Waals surface area contributed by atoms with Crippen molar-refractivity contribution in [2.75, 3.05) is 11.5 Å². The van der Waals surface area contributed by atoms with E-state index in [1.54, 1.807) is 12.3 Å². The average molecular weight is 500 g/mol. The number of carbonyl (C=O) groups is 1. The van der Waals surface area contributed by atoms with Gasteiger partial charge in [0.25, 0.3) is 0 Å². The van der Waals surface area contributed by atoms with Crippen LogP contribution in [-0.2, 0) is 21.1 Å². The maximum atomic E-state index is 12.7. The lowest BCUT2D eigenvalue weighted by Crippen LogP contribution is -2.35. The molecule has 5 rings (SSSR count). The number of fused-ring (bicyclic) bond motifs is 2. The normalized spacial score (nSPS) is 17.4. The third-order valence-electron chi connectivity index (χ3n) is 6.34. The quantitative estimate of drug-likeness (QED) is 0.408. The van der Waals surface area contributed by atoms with Crippen LogP contribution in [-0.4, -0.2) is 31.9 Å². The SMILES string of the molecule is Cc1c(CCC(=O)NC2CCS(=O)(=O)C2)c(=O)oc2cc3occ(-c4ccc(Cl)cc4)c3cc12. The number of rotatable bonds is 5. The van der Waals surface area contributed by atoms with Gasteiger partial charge in [0.1, 0.15) is 11.2 Å². The Morgan fingerprint density at radius 3 is 2.62 bits per heavy atom. The van der Waals surface area contributed by atoms with E-state index in [4.69, 9.17) is 20.4 Å². The molecule has 0 bridgehead atoms. The molecule has 1 amide bonds. The molecule has 1 fully saturated rings. The van der Waals surface area contributed by atoms with Gasteiger partial charge in [0.2, 0.25) is 5.91 Å². The molecule has 1 aliphatic rings. The molecule has 176 valence electrons. The van der Waals surface area contributed by atoms with E-state index in [2.05, 4.69) is 5.32 Å². The van der Waals surface area contributed by atoms with E-state index in [0.717, 1.165) is 27.5 Å². The summed E-state index contributed by atoms with van der Waals surface area (Å²) in [7, 11) is -3.08. The zero-order valence-electron chi connectivity index (χ0n) is 18.4. The van der Waals surface area contributed by atoms with Gasteiger partial charge in [-0.05, 0) is 49.1 Å². The summed E-state index contributed by atoms with van der Waals surface area (Å²) in [6, 6.07) is 10.7. The molecule has 2 aromatic carbocycles. The van der Waals surface area contributed by atoms with Gasteiger partial charge >= 0.3 is 5.63 Å². The molecule has 0 aliphatic carbocycles. The van der Waals surface area contributed by atoms with Gasteiger partial charge in [-0.3, -0.25) is 4.79 Å². The van der Waals surface area contributed by atoms with E-state index in [-0.39, 0.29) is 36.3 Å². The summed E-state index contributed by atoms with van der Waals surface area (Å²) in [4.78, 5) is 25.0. The summed E-state index contributed by atoms with van der Waals surface area (Å²) in [6.07, 6.45) is 2.34. The van der Waals surface area contributed by atoms with Crippen molar-refractivity contribution in [3.63, 3.8) is 0 Å². The first-order valence-corrected chi connectivity index (χ1v) is 13.1. The van der Waals surface area contributed by atoms with Crippen LogP contribution in [0.15, 0.2) is 56.3 Å². The zero-order chi connectivity index (χ0) is 24.0. The Balaban J connectivity index is 1.44. The van der Waals surface area contributed by atoms with Crippen molar-refractivity contribution in [3.8, 4) is 11.1 Å². The van der Waals surface area contributed by atoms with Crippen LogP contribution in [0.1, 0.15) is 24.0 Å². The number of hydrogen-bond acceptors (Lipinski definition) is 6. The highest BCUT2D eigenvalue weighted by molar-refractivity contribution is 7.91. The maximum Gasteiger partial charge on any atom is 0.339 e. The number of amides is 1. The van der Waals surface area contributed by atoms with Gasteiger partial charge in [-0.15, -0.1) is 0 Å². The highest BCUT2D eigenvalue weighted by Gasteiger charge is 2.29. The van der Waals surface area contributed by atoms with Crippen molar-refractivity contribution in [2.45, 2.75) is 32.2 Å². The van der Waals surface area contributed by atoms with Crippen LogP contribution in [0.3, 0.4) is 0 Å². The molecule has 7 nitrogen and oxygen atoms in total. The van der Waals surface area contributed by atoms with Crippen LogP contribution in [0, 0.1) is 6.92 Å². The van der Waals surface area contributed by atoms with Gasteiger partial charge in [0, 0.05) is 45.5 Å². The van der Waals surface area contributed by atoms with Gasteiger partial charge in [0.15, 0.2) is 9.84 Å². The Labute approximate surface area is 200 Å². The molecule has 9 heteroatoms. The smallest absolute Gasteiger partial charge is 0.339 e. The van der Waals surface area contributed by atoms with Crippen LogP contribution in [0.4, 0.5) is 0 Å². The number of sulfone groups is 1. The summed E-state index contributed by atoms with van der Waals surface area (Å²) in [5, 5.41) is 5.04. The summed E-state index contributed by atoms with van der Waals surface area (Å²) >= 11 is 6.01. The second-order valence-corrected chi connectivity index (χ2v) is 11.3. The van der Waals surface area contributed by atoms with E-state index in [1.807, 2.05) is 37.3 Å². The highest BCUT2D eigenvalue weighted by Crippen LogP contribution is 2.35. The molecule has 1 aliphatic heterocycles. The Hall–Kier alpha value is -3.10. The van der Waals surface area contributed by atoms with Crippen LogP contribution >= 0.6 is 11.6 Å². The first-order valence-electron chi connectivity index (χ1n) is 10.9. The summed E-state index contributed by atoms with van der Waals surface area (Å²) in [5.74, 6) is -0.227. The first kappa shape index (κ1) is 22.7. The van der Waals surface area contributed by atoms with Gasteiger partial charge in [0.05, 0.1) is 17.8 Å². The third-order valence-corrected chi connectivity index (χ3v) is 8.36. The van der Waals surface area contributed by atoms with E-state index in [0.29, 0.717) is 28.2 Å². The van der Waals surface area contributed by atoms with Gasteiger partial charge in [-0.2, -0.15) is 0 Å². The number of halogens is 1. The first-order chi connectivity index (χ1) is 16.2. The second kappa shape index (κ2) is 8.60. The van der Waals surface area contributed by atoms with Gasteiger partial charge in [-0.25, -0.2) is 13.2 Å². The van der Waals surface area contributed by atoms with E-state index >= 15 is 0 Å². The monoisotopic (exact) mass is 499 g/mol. The molecule has 0 spiro atoms. The molecule has 1 atom stereocenters. The highest BCUT2D eigenvalue weighted by atomic mass is 35.5. The Morgan fingerprint density at radius 1 is 1.15 bits per heavy atom. The number of aryl methyl sites for hydroxylation is 1. The molecule has 2 aromatic heterocycles. The number of benzene rings is 2. The average Bonchev–Trinajstić information content (AvgIpc) is 3.35. The lowest BCUT2D eigenvalue weighted by molar-refractivity contribution is -0.121. The maximum absolute atomic E-state index is 12.7. The molecule has 3 heterocycles. The van der Waals surface area contributed by atoms with E-state index < -0.39 is 15.5 Å². The van der Waals surface area contributed by atoms with Crippen LogP contribution in [0.2, 0.25) is 5.02 Å². The molecule has 1 saturated heterocycles. The van der Waals surface area contributed by atoms with E-state index in [1.165, 1.54) is 0 Å². The summed E-state index contributed by atoms with van der Waals surface area (Å²) in [6.45, 7) is 1.84. The van der Waals surface area contributed by atoms with Crippen molar-refractivity contribution in [1.29, 1.82) is 0 Å². The van der Waals surface area contributed by atoms with Crippen molar-refractivity contribution in [1.82, 2.24) is 5.32 Å². The van der Waals surface area contributed by atoms with Gasteiger partial charge in [-0.1, -0.05) is 23.7 Å². The number of hydrogen-bond donors (Lipinski definition) is 1. The molecule has 0 saturated carbocycles. The Kier molecular flexibility index (Phi) is 5.73. The fourth-order valence-electron chi connectivity index (χ4n) is 4.50. The van der Waals surface area contributed by atoms with Gasteiger partial charge < -0.3 is 14.2 Å². The Bertz CT molecular complexity index is 1580. The Morgan fingerprint density at radius 2 is 1.91 bits per heavy atom. The molecular formula is C25H22ClNO6S. The predicted octanol–water partition coefficient (Wildman–Crippen LogP) is 4.40. The lowest BCUT2D eigenvalue weighted by Gasteiger charge is -2.11. The summed E-state index contributed by atoms with van der Waals surface area (Å²) in [5.41, 5.74) is 3.53. The summed E-state index contributed by atoms with van der Waals surface area (Å²) < 4.78 is 34.5. The minimum atomic E-state index is -3.08. The molecule has 1 unspecified atom stereocenters. The van der Waals surface area contributed by atoms with E-state index in [9.17, 15) is 18.0 Å². The van der Waals surface area contributed by atoms with Crippen molar-refractivity contribution in [2.24, 2.45) is 0 Å². The van der Waals surface area contributed by atoms with Crippen LogP contribution < -0.4 is 10.9 Å². The molecule has 0 radical (unpaired) electrons. The van der Waals surface area contributed by atoms with Crippen LogP contribution in [0.25, 0.3) is 33.1 Å². The standard InChI is InChI=1S/C25H22ClNO6S/c1-14-18(6-7-24(28)27-17-8-9-34(30,31)13-17)25(29)33-23-11-22-20(10-19(14)23)21(12-32-22)15-2-4-16(26)5-3-15/h2-5,10-12,17H,6-9,13H2,1H3,(H,27,28). The molecular weight excluding hydrogens is 478 g/mol. The molecule has 1 N–H and O–H groups in total. The number of nitrogens with one attached hydrogen (secondary N) is 1. The zero-order valence-corrected chi connectivity index (χ0v) is 20.0. The largest absolute Gasteiger partial charge is 0.464 e. The predicted molar refractivity (Wildman–Crippen MR) is 131 cm³/mol. The lowest BCUT2D eigenvalue weighted by atomic mass is 9.99. The van der Waals surface area contributed by atoms with Crippen molar-refractivity contribution < 1.29 is 22.0 Å². The third kappa shape index (κ3) is 4.35. The number of furan rings is 1. The fourth-order valence-corrected chi connectivity index (χ4v) is 6.30. The van der Waals surface area contributed by atoms with Crippen molar-refractivity contribution in [3.05, 3.63) is 69.2 Å². The molecule has 4 aromatic rings. The fraction of sp³-hybridized carbons (Fsp3) is 0.280. The topological polar surface area (TPSA) is 107 Å². The minimum Gasteiger partial charge on any atom is -0.464 e. The number of carbonyl (C=O) groups excluding carboxylic acids is 1. The minimum absolute atomic E-state index is 0.0352.